The zero-order chi connectivity index (χ0) is 17.3. The van der Waals surface area contributed by atoms with E-state index in [4.69, 9.17) is 9.26 Å². The Hall–Kier alpha value is -3.03. The number of benzene rings is 1. The van der Waals surface area contributed by atoms with Gasteiger partial charge in [0.05, 0.1) is 13.2 Å². The molecule has 1 aromatic carbocycles. The van der Waals surface area contributed by atoms with Crippen LogP contribution in [0.15, 0.2) is 33.6 Å². The number of fused-ring (bicyclic) bond motifs is 1. The summed E-state index contributed by atoms with van der Waals surface area (Å²) in [6.07, 6.45) is 0. The fourth-order valence-electron chi connectivity index (χ4n) is 2.34. The lowest BCUT2D eigenvalue weighted by Gasteiger charge is -2.09. The molecule has 0 saturated heterocycles. The van der Waals surface area contributed by atoms with Gasteiger partial charge in [-0.15, -0.1) is 0 Å². The first-order chi connectivity index (χ1) is 11.5. The van der Waals surface area contributed by atoms with Crippen molar-refractivity contribution >= 4 is 17.1 Å². The minimum Gasteiger partial charge on any atom is -0.461 e. The molecule has 0 bridgehead atoms. The first-order valence-electron chi connectivity index (χ1n) is 7.29. The standard InChI is InChI=1S/C16H14FN3O4/c1-3-23-16(22)13-12-14(24-19-13)18-9(2)20(15(12)21)8-10-4-6-11(17)7-5-10/h4-7H,3,8H2,1-2H3. The molecular weight excluding hydrogens is 317 g/mol. The third-order valence-corrected chi connectivity index (χ3v) is 3.51. The van der Waals surface area contributed by atoms with E-state index >= 15 is 0 Å². The van der Waals surface area contributed by atoms with Crippen molar-refractivity contribution in [3.8, 4) is 0 Å². The van der Waals surface area contributed by atoms with Gasteiger partial charge in [0.2, 0.25) is 5.69 Å². The van der Waals surface area contributed by atoms with Crippen LogP contribution in [0.25, 0.3) is 11.1 Å². The highest BCUT2D eigenvalue weighted by Gasteiger charge is 2.23. The summed E-state index contributed by atoms with van der Waals surface area (Å²) in [5.41, 5.74) is 0.0381. The van der Waals surface area contributed by atoms with E-state index < -0.39 is 11.5 Å². The topological polar surface area (TPSA) is 87.2 Å². The Morgan fingerprint density at radius 2 is 2.04 bits per heavy atom. The van der Waals surface area contributed by atoms with Gasteiger partial charge in [-0.3, -0.25) is 9.36 Å². The second-order valence-corrected chi connectivity index (χ2v) is 5.11. The fraction of sp³-hybridized carbons (Fsp3) is 0.250. The molecule has 3 rings (SSSR count). The first kappa shape index (κ1) is 15.9. The maximum absolute atomic E-state index is 13.0. The SMILES string of the molecule is CCOC(=O)c1noc2nc(C)n(Cc3ccc(F)cc3)c(=O)c12. The molecule has 0 spiro atoms. The highest BCUT2D eigenvalue weighted by Crippen LogP contribution is 2.15. The zero-order valence-electron chi connectivity index (χ0n) is 13.1. The van der Waals surface area contributed by atoms with Crippen molar-refractivity contribution in [2.24, 2.45) is 0 Å². The smallest absolute Gasteiger partial charge is 0.361 e. The molecule has 0 unspecified atom stereocenters. The van der Waals surface area contributed by atoms with Crippen LogP contribution in [-0.4, -0.2) is 27.3 Å². The van der Waals surface area contributed by atoms with Gasteiger partial charge in [-0.25, -0.2) is 9.18 Å². The Bertz CT molecular complexity index is 960. The van der Waals surface area contributed by atoms with E-state index in [0.717, 1.165) is 5.56 Å². The van der Waals surface area contributed by atoms with Gasteiger partial charge in [-0.05, 0) is 31.5 Å². The molecule has 0 fully saturated rings. The lowest BCUT2D eigenvalue weighted by Crippen LogP contribution is -2.25. The summed E-state index contributed by atoms with van der Waals surface area (Å²) in [6.45, 7) is 3.61. The van der Waals surface area contributed by atoms with Crippen molar-refractivity contribution in [3.63, 3.8) is 0 Å². The van der Waals surface area contributed by atoms with Gasteiger partial charge < -0.3 is 9.26 Å². The number of aryl methyl sites for hydroxylation is 1. The van der Waals surface area contributed by atoms with E-state index in [0.29, 0.717) is 5.82 Å². The van der Waals surface area contributed by atoms with Crippen molar-refractivity contribution in [1.29, 1.82) is 0 Å². The number of esters is 1. The number of halogens is 1. The van der Waals surface area contributed by atoms with Crippen LogP contribution < -0.4 is 5.56 Å². The number of carbonyl (C=O) groups excluding carboxylic acids is 1. The zero-order valence-corrected chi connectivity index (χ0v) is 13.1. The molecule has 0 radical (unpaired) electrons. The summed E-state index contributed by atoms with van der Waals surface area (Å²) in [7, 11) is 0. The summed E-state index contributed by atoms with van der Waals surface area (Å²) in [5, 5.41) is 3.57. The molecule has 0 amide bonds. The van der Waals surface area contributed by atoms with Crippen LogP contribution in [0.3, 0.4) is 0 Å². The van der Waals surface area contributed by atoms with Gasteiger partial charge in [0.1, 0.15) is 17.0 Å². The summed E-state index contributed by atoms with van der Waals surface area (Å²) in [6, 6.07) is 5.77. The average Bonchev–Trinajstić information content (AvgIpc) is 2.97. The number of hydrogen-bond acceptors (Lipinski definition) is 6. The molecule has 8 heteroatoms. The van der Waals surface area contributed by atoms with Crippen LogP contribution in [0.1, 0.15) is 28.8 Å². The van der Waals surface area contributed by atoms with Crippen molar-refractivity contribution < 1.29 is 18.4 Å². The predicted molar refractivity (Wildman–Crippen MR) is 82.3 cm³/mol. The molecule has 24 heavy (non-hydrogen) atoms. The van der Waals surface area contributed by atoms with Gasteiger partial charge >= 0.3 is 5.97 Å². The van der Waals surface area contributed by atoms with E-state index in [9.17, 15) is 14.0 Å². The summed E-state index contributed by atoms with van der Waals surface area (Å²) < 4.78 is 24.2. The molecule has 2 heterocycles. The molecule has 0 aliphatic heterocycles. The van der Waals surface area contributed by atoms with Crippen LogP contribution in [0.4, 0.5) is 4.39 Å². The maximum Gasteiger partial charge on any atom is 0.361 e. The van der Waals surface area contributed by atoms with Crippen LogP contribution in [-0.2, 0) is 11.3 Å². The molecule has 0 N–H and O–H groups in total. The third kappa shape index (κ3) is 2.78. The Kier molecular flexibility index (Phi) is 4.11. The van der Waals surface area contributed by atoms with Gasteiger partial charge in [0.25, 0.3) is 11.3 Å². The first-order valence-corrected chi connectivity index (χ1v) is 7.29. The maximum atomic E-state index is 13.0. The molecule has 2 aromatic heterocycles. The number of carbonyl (C=O) groups is 1. The number of hydrogen-bond donors (Lipinski definition) is 0. The van der Waals surface area contributed by atoms with Gasteiger partial charge in [-0.1, -0.05) is 17.3 Å². The molecule has 0 atom stereocenters. The molecule has 0 saturated carbocycles. The minimum atomic E-state index is -0.743. The normalized spacial score (nSPS) is 11.0. The van der Waals surface area contributed by atoms with Crippen molar-refractivity contribution in [2.45, 2.75) is 20.4 Å². The molecular formula is C16H14FN3O4. The van der Waals surface area contributed by atoms with Crippen LogP contribution in [0, 0.1) is 12.7 Å². The van der Waals surface area contributed by atoms with Crippen LogP contribution in [0.2, 0.25) is 0 Å². The third-order valence-electron chi connectivity index (χ3n) is 3.51. The Labute approximate surface area is 135 Å². The highest BCUT2D eigenvalue weighted by atomic mass is 19.1. The number of nitrogens with zero attached hydrogens (tertiary/aromatic N) is 3. The molecule has 7 nitrogen and oxygen atoms in total. The van der Waals surface area contributed by atoms with Crippen molar-refractivity contribution in [1.82, 2.24) is 14.7 Å². The van der Waals surface area contributed by atoms with Gasteiger partial charge in [0, 0.05) is 0 Å². The van der Waals surface area contributed by atoms with E-state index in [1.54, 1.807) is 26.0 Å². The lowest BCUT2D eigenvalue weighted by molar-refractivity contribution is 0.0516. The Balaban J connectivity index is 2.11. The number of rotatable bonds is 4. The van der Waals surface area contributed by atoms with Gasteiger partial charge in [-0.2, -0.15) is 4.98 Å². The molecule has 3 aromatic rings. The Morgan fingerprint density at radius 3 is 2.71 bits per heavy atom. The van der Waals surface area contributed by atoms with Gasteiger partial charge in [0.15, 0.2) is 0 Å². The fourth-order valence-corrected chi connectivity index (χ4v) is 2.34. The number of aromatic nitrogens is 3. The average molecular weight is 331 g/mol. The quantitative estimate of drug-likeness (QED) is 0.680. The Morgan fingerprint density at radius 1 is 1.33 bits per heavy atom. The van der Waals surface area contributed by atoms with Crippen LogP contribution >= 0.6 is 0 Å². The highest BCUT2D eigenvalue weighted by molar-refractivity contribution is 5.99. The summed E-state index contributed by atoms with van der Waals surface area (Å²) in [4.78, 5) is 28.8. The molecule has 0 aliphatic rings. The summed E-state index contributed by atoms with van der Waals surface area (Å²) >= 11 is 0. The predicted octanol–water partition coefficient (Wildman–Crippen LogP) is 2.06. The second-order valence-electron chi connectivity index (χ2n) is 5.11. The second kappa shape index (κ2) is 6.23. The van der Waals surface area contributed by atoms with Crippen molar-refractivity contribution in [3.05, 3.63) is 57.5 Å². The molecule has 124 valence electrons. The number of ether oxygens (including phenoxy) is 1. The summed E-state index contributed by atoms with van der Waals surface area (Å²) in [5.74, 6) is -0.712. The largest absolute Gasteiger partial charge is 0.461 e. The monoisotopic (exact) mass is 331 g/mol. The van der Waals surface area contributed by atoms with E-state index in [2.05, 4.69) is 10.1 Å². The molecule has 0 aliphatic carbocycles. The van der Waals surface area contributed by atoms with E-state index in [1.165, 1.54) is 16.7 Å². The van der Waals surface area contributed by atoms with E-state index in [1.807, 2.05) is 0 Å². The lowest BCUT2D eigenvalue weighted by atomic mass is 10.2. The van der Waals surface area contributed by atoms with E-state index in [-0.39, 0.29) is 35.8 Å². The van der Waals surface area contributed by atoms with Crippen molar-refractivity contribution in [2.75, 3.05) is 6.61 Å². The van der Waals surface area contributed by atoms with Crippen LogP contribution in [0.5, 0.6) is 0 Å². The minimum absolute atomic E-state index is 0.0177.